The lowest BCUT2D eigenvalue weighted by Crippen LogP contribution is -2.14. The molecule has 0 N–H and O–H groups in total. The van der Waals surface area contributed by atoms with Gasteiger partial charge in [0, 0.05) is 37.9 Å². The largest absolute Gasteiger partial charge is 0.459 e. The second kappa shape index (κ2) is 11.0. The number of aryl methyl sites for hydroxylation is 2. The van der Waals surface area contributed by atoms with Crippen molar-refractivity contribution in [3.63, 3.8) is 0 Å². The Kier molecular flexibility index (Phi) is 6.44. The lowest BCUT2D eigenvalue weighted by atomic mass is 9.88. The van der Waals surface area contributed by atoms with E-state index in [0.29, 0.717) is 11.8 Å². The molecule has 0 saturated heterocycles. The minimum Gasteiger partial charge on any atom is -0.459 e. The number of nitrogens with zero attached hydrogens (tertiary/aromatic N) is 2. The smallest absolute Gasteiger partial charge is 0.145 e. The summed E-state index contributed by atoms with van der Waals surface area (Å²) in [6.45, 7) is 6.78. The molecule has 0 saturated carbocycles. The maximum Gasteiger partial charge on any atom is 0.145 e. The molecule has 2 unspecified atom stereocenters. The first-order chi connectivity index (χ1) is 24.2. The van der Waals surface area contributed by atoms with Crippen molar-refractivity contribution in [1.29, 1.82) is 0 Å². The Morgan fingerprint density at radius 2 is 1.65 bits per heavy atom. The van der Waals surface area contributed by atoms with Gasteiger partial charge in [-0.15, -0.1) is 11.3 Å². The second-order valence-electron chi connectivity index (χ2n) is 13.4. The van der Waals surface area contributed by atoms with Crippen LogP contribution in [-0.4, -0.2) is 10.4 Å². The summed E-state index contributed by atoms with van der Waals surface area (Å²) in [6, 6.07) is 27.5. The van der Waals surface area contributed by atoms with Crippen LogP contribution in [0.4, 0.5) is 5.69 Å². The van der Waals surface area contributed by atoms with Crippen molar-refractivity contribution >= 4 is 83.4 Å². The predicted octanol–water partition coefficient (Wildman–Crippen LogP) is 12.6. The first kappa shape index (κ1) is 28.6. The standard InChI is InChI=1S/C45H34N2OS/c1-27(30-15-4-3-5-16-30)45(46-41-28(2)48-38-23-13-11-21-35(38)41)47-37-22-12-10-20-34(37)39-32-18-8-9-19-33(32)40-36-25-24-29-14-6-7-17-31(26-29)43(36)49-44(40)42(39)47/h3-7,9-17,19-25,29,31H,1,8,18,26H2,2H3/b46-45+. The number of aliphatic imine (C=N–C) groups is 1. The third kappa shape index (κ3) is 4.30. The number of aromatic nitrogens is 1. The SMILES string of the molecule is C=C(/C(=N\c1c(C)oc2ccccc12)n1c2ccccc2c2c3c(c4c5c(sc4c21)C1C=CC=CC(C=C5)C1)C=CCC3)c1ccccc1. The number of benzene rings is 4. The van der Waals surface area contributed by atoms with Gasteiger partial charge in [-0.3, -0.25) is 4.57 Å². The molecular weight excluding hydrogens is 617 g/mol. The molecule has 4 heteroatoms. The lowest BCUT2D eigenvalue weighted by molar-refractivity contribution is 0.579. The van der Waals surface area contributed by atoms with Crippen molar-refractivity contribution < 1.29 is 4.42 Å². The number of hydrogen-bond acceptors (Lipinski definition) is 3. The van der Waals surface area contributed by atoms with Crippen LogP contribution < -0.4 is 0 Å². The number of furan rings is 1. The van der Waals surface area contributed by atoms with Crippen LogP contribution in [0.3, 0.4) is 0 Å². The van der Waals surface area contributed by atoms with Crippen LogP contribution in [0, 0.1) is 12.8 Å². The van der Waals surface area contributed by atoms with E-state index in [1.54, 1.807) is 0 Å². The van der Waals surface area contributed by atoms with E-state index in [-0.39, 0.29) is 0 Å². The van der Waals surface area contributed by atoms with E-state index in [0.717, 1.165) is 64.2 Å². The fraction of sp³-hybridized carbons (Fsp3) is 0.133. The molecule has 0 radical (unpaired) electrons. The van der Waals surface area contributed by atoms with E-state index in [2.05, 4.69) is 120 Å². The Hall–Kier alpha value is -5.45. The maximum absolute atomic E-state index is 6.27. The van der Waals surface area contributed by atoms with Gasteiger partial charge < -0.3 is 4.42 Å². The minimum absolute atomic E-state index is 0.367. The van der Waals surface area contributed by atoms with Gasteiger partial charge in [-0.05, 0) is 72.6 Å². The molecule has 0 amide bonds. The van der Waals surface area contributed by atoms with Crippen LogP contribution in [0.25, 0.3) is 60.6 Å². The predicted molar refractivity (Wildman–Crippen MR) is 209 cm³/mol. The van der Waals surface area contributed by atoms with Crippen molar-refractivity contribution in [3.05, 3.63) is 155 Å². The van der Waals surface area contributed by atoms with Gasteiger partial charge in [-0.1, -0.05) is 116 Å². The van der Waals surface area contributed by atoms with E-state index in [1.165, 1.54) is 47.9 Å². The van der Waals surface area contributed by atoms with Crippen LogP contribution in [0.2, 0.25) is 0 Å². The van der Waals surface area contributed by atoms with Gasteiger partial charge in [-0.25, -0.2) is 4.99 Å². The van der Waals surface area contributed by atoms with Gasteiger partial charge in [-0.2, -0.15) is 0 Å². The molecule has 3 heterocycles. The van der Waals surface area contributed by atoms with Crippen LogP contribution in [0.5, 0.6) is 0 Å². The Labute approximate surface area is 289 Å². The second-order valence-corrected chi connectivity index (χ2v) is 14.5. The van der Waals surface area contributed by atoms with Gasteiger partial charge in [0.25, 0.3) is 0 Å². The van der Waals surface area contributed by atoms with Crippen LogP contribution in [0.15, 0.2) is 131 Å². The summed E-state index contributed by atoms with van der Waals surface area (Å²) in [5.74, 6) is 2.42. The summed E-state index contributed by atoms with van der Waals surface area (Å²) in [5, 5.41) is 4.97. The number of rotatable bonds is 3. The molecule has 10 rings (SSSR count). The molecule has 3 aromatic heterocycles. The normalized spacial score (nSPS) is 18.3. The Morgan fingerprint density at radius 3 is 2.55 bits per heavy atom. The van der Waals surface area contributed by atoms with E-state index in [4.69, 9.17) is 16.0 Å². The summed E-state index contributed by atoms with van der Waals surface area (Å²) < 4.78 is 10.0. The summed E-state index contributed by atoms with van der Waals surface area (Å²) >= 11 is 1.97. The molecule has 3 aliphatic rings. The molecule has 7 aromatic rings. The molecular formula is C45H34N2OS. The third-order valence-electron chi connectivity index (χ3n) is 10.6. The monoisotopic (exact) mass is 650 g/mol. The zero-order valence-electron chi connectivity index (χ0n) is 27.3. The van der Waals surface area contributed by atoms with Gasteiger partial charge in [0.1, 0.15) is 22.9 Å². The number of thiophene rings is 1. The van der Waals surface area contributed by atoms with Crippen LogP contribution in [0.1, 0.15) is 51.7 Å². The van der Waals surface area contributed by atoms with E-state index < -0.39 is 0 Å². The quantitative estimate of drug-likeness (QED) is 0.138. The Morgan fingerprint density at radius 1 is 0.857 bits per heavy atom. The van der Waals surface area contributed by atoms with Crippen molar-refractivity contribution in [1.82, 2.24) is 4.57 Å². The van der Waals surface area contributed by atoms with Crippen LogP contribution >= 0.6 is 11.3 Å². The molecule has 0 aliphatic heterocycles. The Balaban J connectivity index is 1.39. The highest BCUT2D eigenvalue weighted by atomic mass is 32.1. The average Bonchev–Trinajstić information content (AvgIpc) is 3.68. The summed E-state index contributed by atoms with van der Waals surface area (Å²) in [7, 11) is 0. The van der Waals surface area contributed by atoms with Gasteiger partial charge in [0.2, 0.25) is 0 Å². The number of hydrogen-bond donors (Lipinski definition) is 0. The maximum atomic E-state index is 6.27. The molecule has 4 aromatic carbocycles. The number of allylic oxidation sites excluding steroid dienone is 7. The summed E-state index contributed by atoms with van der Waals surface area (Å²) in [6.07, 6.45) is 21.9. The molecule has 236 valence electrons. The van der Waals surface area contributed by atoms with E-state index >= 15 is 0 Å². The highest BCUT2D eigenvalue weighted by Crippen LogP contribution is 2.51. The molecule has 3 aliphatic carbocycles. The lowest BCUT2D eigenvalue weighted by Gasteiger charge is -2.18. The van der Waals surface area contributed by atoms with Crippen molar-refractivity contribution in [3.8, 4) is 0 Å². The number of para-hydroxylation sites is 2. The minimum atomic E-state index is 0.367. The average molecular weight is 651 g/mol. The fourth-order valence-electron chi connectivity index (χ4n) is 8.31. The highest BCUT2D eigenvalue weighted by Gasteiger charge is 2.31. The number of fused-ring (bicyclic) bond motifs is 14. The zero-order chi connectivity index (χ0) is 32.6. The Bertz CT molecular complexity index is 2670. The topological polar surface area (TPSA) is 30.4 Å². The van der Waals surface area contributed by atoms with Crippen molar-refractivity contribution in [2.45, 2.75) is 32.1 Å². The highest BCUT2D eigenvalue weighted by molar-refractivity contribution is 7.20. The van der Waals surface area contributed by atoms with Gasteiger partial charge >= 0.3 is 0 Å². The molecule has 2 atom stereocenters. The third-order valence-corrected chi connectivity index (χ3v) is 11.9. The summed E-state index contributed by atoms with van der Waals surface area (Å²) in [4.78, 5) is 7.04. The molecule has 0 fully saturated rings. The fourth-order valence-corrected chi connectivity index (χ4v) is 9.75. The summed E-state index contributed by atoms with van der Waals surface area (Å²) in [5.41, 5.74) is 10.2. The van der Waals surface area contributed by atoms with Gasteiger partial charge in [0.15, 0.2) is 0 Å². The molecule has 49 heavy (non-hydrogen) atoms. The van der Waals surface area contributed by atoms with E-state index in [1.807, 2.05) is 30.4 Å². The van der Waals surface area contributed by atoms with E-state index in [9.17, 15) is 0 Å². The molecule has 0 spiro atoms. The molecule has 2 bridgehead atoms. The first-order valence-electron chi connectivity index (χ1n) is 17.2. The van der Waals surface area contributed by atoms with Crippen molar-refractivity contribution in [2.75, 3.05) is 0 Å². The van der Waals surface area contributed by atoms with Crippen LogP contribution in [-0.2, 0) is 6.42 Å². The molecule has 3 nitrogen and oxygen atoms in total. The van der Waals surface area contributed by atoms with Crippen molar-refractivity contribution in [2.24, 2.45) is 10.9 Å². The zero-order valence-corrected chi connectivity index (χ0v) is 28.1. The van der Waals surface area contributed by atoms with Gasteiger partial charge in [0.05, 0.1) is 15.7 Å². The first-order valence-corrected chi connectivity index (χ1v) is 18.0.